The van der Waals surface area contributed by atoms with E-state index in [1.165, 1.54) is 4.31 Å². The lowest BCUT2D eigenvalue weighted by Crippen LogP contribution is -2.49. The molecule has 12 heteroatoms. The topological polar surface area (TPSA) is 104 Å². The van der Waals surface area contributed by atoms with Crippen LogP contribution in [0.4, 0.5) is 17.3 Å². The van der Waals surface area contributed by atoms with Crippen molar-refractivity contribution < 1.29 is 8.42 Å². The molecule has 1 fully saturated rings. The molecule has 5 rings (SSSR count). The number of hydrogen-bond donors (Lipinski definition) is 1. The van der Waals surface area contributed by atoms with E-state index in [1.54, 1.807) is 43.5 Å². The molecule has 0 atom stereocenters. The summed E-state index contributed by atoms with van der Waals surface area (Å²) in [5, 5.41) is 4.99. The SMILES string of the molecule is Cc1nc(Cl)nc(N2CCN(S(=O)(=O)c3ccc(Nc4ccnc5cc(Cl)ccc45)cc3)CC2)n1. The van der Waals surface area contributed by atoms with Crippen molar-refractivity contribution in [2.45, 2.75) is 11.8 Å². The van der Waals surface area contributed by atoms with Gasteiger partial charge in [0.15, 0.2) is 0 Å². The third kappa shape index (κ3) is 5.01. The second-order valence-electron chi connectivity index (χ2n) is 8.01. The normalized spacial score (nSPS) is 14.9. The molecule has 0 spiro atoms. The Morgan fingerprint density at radius 1 is 0.914 bits per heavy atom. The number of anilines is 3. The molecular formula is C23H21Cl2N7O2S. The Kier molecular flexibility index (Phi) is 6.45. The number of rotatable bonds is 5. The summed E-state index contributed by atoms with van der Waals surface area (Å²) in [4.78, 5) is 18.9. The molecule has 1 aliphatic rings. The summed E-state index contributed by atoms with van der Waals surface area (Å²) in [5.41, 5.74) is 2.39. The van der Waals surface area contributed by atoms with Crippen LogP contribution in [0.25, 0.3) is 10.9 Å². The Labute approximate surface area is 212 Å². The van der Waals surface area contributed by atoms with Crippen molar-refractivity contribution in [3.05, 3.63) is 70.9 Å². The minimum Gasteiger partial charge on any atom is -0.355 e. The van der Waals surface area contributed by atoms with E-state index < -0.39 is 10.0 Å². The number of aryl methyl sites for hydroxylation is 1. The van der Waals surface area contributed by atoms with Crippen LogP contribution in [0.3, 0.4) is 0 Å². The van der Waals surface area contributed by atoms with Crippen LogP contribution >= 0.6 is 23.2 Å². The first-order valence-corrected chi connectivity index (χ1v) is 13.0. The van der Waals surface area contributed by atoms with Gasteiger partial charge in [-0.25, -0.2) is 13.4 Å². The van der Waals surface area contributed by atoms with Gasteiger partial charge in [0.2, 0.25) is 21.3 Å². The molecule has 0 radical (unpaired) electrons. The quantitative estimate of drug-likeness (QED) is 0.408. The van der Waals surface area contributed by atoms with Crippen LogP contribution in [-0.2, 0) is 10.0 Å². The molecule has 180 valence electrons. The van der Waals surface area contributed by atoms with E-state index in [9.17, 15) is 8.42 Å². The second-order valence-corrected chi connectivity index (χ2v) is 10.7. The highest BCUT2D eigenvalue weighted by atomic mass is 35.5. The fourth-order valence-corrected chi connectivity index (χ4v) is 5.74. The largest absolute Gasteiger partial charge is 0.355 e. The van der Waals surface area contributed by atoms with E-state index in [0.29, 0.717) is 43.0 Å². The van der Waals surface area contributed by atoms with Crippen LogP contribution in [0.1, 0.15) is 5.82 Å². The van der Waals surface area contributed by atoms with Gasteiger partial charge in [-0.05, 0) is 67.1 Å². The average Bonchev–Trinajstić information content (AvgIpc) is 2.84. The number of halogens is 2. The minimum atomic E-state index is -3.64. The number of aromatic nitrogens is 4. The molecule has 0 saturated carbocycles. The number of piperazine rings is 1. The highest BCUT2D eigenvalue weighted by Crippen LogP contribution is 2.28. The van der Waals surface area contributed by atoms with Gasteiger partial charge in [0.1, 0.15) is 5.82 Å². The molecule has 1 N–H and O–H groups in total. The lowest BCUT2D eigenvalue weighted by Gasteiger charge is -2.34. The summed E-state index contributed by atoms with van der Waals surface area (Å²) in [6, 6.07) is 14.1. The molecule has 3 heterocycles. The first-order valence-electron chi connectivity index (χ1n) is 10.8. The average molecular weight is 530 g/mol. The summed E-state index contributed by atoms with van der Waals surface area (Å²) in [6.07, 6.45) is 1.70. The predicted molar refractivity (Wildman–Crippen MR) is 137 cm³/mol. The number of pyridine rings is 1. The first kappa shape index (κ1) is 23.7. The van der Waals surface area contributed by atoms with Gasteiger partial charge >= 0.3 is 0 Å². The van der Waals surface area contributed by atoms with Gasteiger partial charge in [-0.3, -0.25) is 4.98 Å². The number of hydrogen-bond acceptors (Lipinski definition) is 8. The lowest BCUT2D eigenvalue weighted by molar-refractivity contribution is 0.382. The molecule has 0 unspecified atom stereocenters. The number of nitrogens with one attached hydrogen (secondary N) is 1. The van der Waals surface area contributed by atoms with E-state index in [-0.39, 0.29) is 10.2 Å². The maximum Gasteiger partial charge on any atom is 0.243 e. The van der Waals surface area contributed by atoms with Crippen LogP contribution in [0, 0.1) is 6.92 Å². The van der Waals surface area contributed by atoms with Crippen molar-refractivity contribution >= 4 is 61.5 Å². The highest BCUT2D eigenvalue weighted by molar-refractivity contribution is 7.89. The molecular weight excluding hydrogens is 509 g/mol. The van der Waals surface area contributed by atoms with Crippen LogP contribution < -0.4 is 10.2 Å². The van der Waals surface area contributed by atoms with E-state index in [0.717, 1.165) is 22.3 Å². The van der Waals surface area contributed by atoms with E-state index >= 15 is 0 Å². The van der Waals surface area contributed by atoms with Gasteiger partial charge in [0, 0.05) is 54.2 Å². The third-order valence-corrected chi connectivity index (χ3v) is 8.02. The molecule has 35 heavy (non-hydrogen) atoms. The zero-order valence-electron chi connectivity index (χ0n) is 18.7. The van der Waals surface area contributed by atoms with Gasteiger partial charge < -0.3 is 10.2 Å². The summed E-state index contributed by atoms with van der Waals surface area (Å²) >= 11 is 12.0. The molecule has 9 nitrogen and oxygen atoms in total. The van der Waals surface area contributed by atoms with Crippen molar-refractivity contribution in [2.24, 2.45) is 0 Å². The number of nitrogens with zero attached hydrogens (tertiary/aromatic N) is 6. The smallest absolute Gasteiger partial charge is 0.243 e. The molecule has 4 aromatic rings. The van der Waals surface area contributed by atoms with E-state index in [4.69, 9.17) is 23.2 Å². The zero-order valence-corrected chi connectivity index (χ0v) is 21.0. The van der Waals surface area contributed by atoms with Crippen LogP contribution in [-0.4, -0.2) is 58.8 Å². The van der Waals surface area contributed by atoms with Gasteiger partial charge in [-0.2, -0.15) is 14.3 Å². The van der Waals surface area contributed by atoms with E-state index in [1.807, 2.05) is 23.1 Å². The summed E-state index contributed by atoms with van der Waals surface area (Å²) < 4.78 is 27.9. The maximum atomic E-state index is 13.2. The lowest BCUT2D eigenvalue weighted by atomic mass is 10.2. The number of benzene rings is 2. The Morgan fingerprint density at radius 3 is 2.37 bits per heavy atom. The summed E-state index contributed by atoms with van der Waals surface area (Å²) in [5.74, 6) is 0.980. The Morgan fingerprint density at radius 2 is 1.66 bits per heavy atom. The standard InChI is InChI=1S/C23H21Cl2N7O2S/c1-15-27-22(25)30-23(28-15)31-10-12-32(13-11-31)35(33,34)18-5-3-17(4-6-18)29-20-8-9-26-21-14-16(24)2-7-19(20)21/h2-9,14H,10-13H2,1H3,(H,26,29). The summed E-state index contributed by atoms with van der Waals surface area (Å²) in [6.45, 7) is 3.28. The molecule has 0 aliphatic carbocycles. The minimum absolute atomic E-state index is 0.125. The fourth-order valence-electron chi connectivity index (χ4n) is 3.95. The second kappa shape index (κ2) is 9.54. The van der Waals surface area contributed by atoms with Crippen LogP contribution in [0.2, 0.25) is 10.3 Å². The predicted octanol–water partition coefficient (Wildman–Crippen LogP) is 4.29. The monoisotopic (exact) mass is 529 g/mol. The van der Waals surface area contributed by atoms with Gasteiger partial charge in [-0.1, -0.05) is 11.6 Å². The first-order chi connectivity index (χ1) is 16.8. The van der Waals surface area contributed by atoms with E-state index in [2.05, 4.69) is 25.3 Å². The maximum absolute atomic E-state index is 13.2. The molecule has 0 amide bonds. The van der Waals surface area contributed by atoms with Crippen molar-refractivity contribution in [2.75, 3.05) is 36.4 Å². The molecule has 0 bridgehead atoms. The van der Waals surface area contributed by atoms with Crippen molar-refractivity contribution in [1.82, 2.24) is 24.2 Å². The summed E-state index contributed by atoms with van der Waals surface area (Å²) in [7, 11) is -3.64. The van der Waals surface area contributed by atoms with Crippen LogP contribution in [0.15, 0.2) is 59.6 Å². The Bertz CT molecular complexity index is 1470. The van der Waals surface area contributed by atoms with Crippen molar-refractivity contribution in [3.8, 4) is 0 Å². The van der Waals surface area contributed by atoms with Crippen molar-refractivity contribution in [3.63, 3.8) is 0 Å². The van der Waals surface area contributed by atoms with Crippen LogP contribution in [0.5, 0.6) is 0 Å². The molecule has 2 aromatic heterocycles. The molecule has 1 saturated heterocycles. The molecule has 1 aliphatic heterocycles. The molecule has 2 aromatic carbocycles. The number of fused-ring (bicyclic) bond motifs is 1. The van der Waals surface area contributed by atoms with Gasteiger partial charge in [-0.15, -0.1) is 0 Å². The number of sulfonamides is 1. The Balaban J connectivity index is 1.29. The highest BCUT2D eigenvalue weighted by Gasteiger charge is 2.29. The fraction of sp³-hybridized carbons (Fsp3) is 0.217. The third-order valence-electron chi connectivity index (χ3n) is 5.71. The zero-order chi connectivity index (χ0) is 24.6. The van der Waals surface area contributed by atoms with Gasteiger partial charge in [0.05, 0.1) is 10.4 Å². The Hall–Kier alpha value is -3.05. The van der Waals surface area contributed by atoms with Crippen molar-refractivity contribution in [1.29, 1.82) is 0 Å². The van der Waals surface area contributed by atoms with Gasteiger partial charge in [0.25, 0.3) is 0 Å².